The van der Waals surface area contributed by atoms with E-state index in [1.807, 2.05) is 0 Å². The average Bonchev–Trinajstić information content (AvgIpc) is 3.08. The van der Waals surface area contributed by atoms with Crippen LogP contribution < -0.4 is 15.4 Å². The maximum atomic E-state index is 12.3. The minimum Gasteiger partial charge on any atom is -0.459 e. The molecule has 6 nitrogen and oxygen atoms in total. The fraction of sp³-hybridized carbons (Fsp3) is 0.250. The smallest absolute Gasteiger partial charge is 0.387 e. The summed E-state index contributed by atoms with van der Waals surface area (Å²) in [6.07, 6.45) is 1.42. The van der Waals surface area contributed by atoms with Crippen LogP contribution in [0, 0.1) is 0 Å². The fourth-order valence-electron chi connectivity index (χ4n) is 1.93. The van der Waals surface area contributed by atoms with E-state index in [1.165, 1.54) is 18.4 Å². The zero-order valence-electron chi connectivity index (χ0n) is 12.6. The molecule has 2 N–H and O–H groups in total. The second-order valence-corrected chi connectivity index (χ2v) is 4.75. The third-order valence-corrected chi connectivity index (χ3v) is 3.05. The molecule has 0 atom stereocenters. The molecule has 2 rings (SSSR count). The molecule has 2 amide bonds. The highest BCUT2D eigenvalue weighted by Crippen LogP contribution is 2.19. The number of nitrogens with one attached hydrogen (secondary N) is 2. The summed E-state index contributed by atoms with van der Waals surface area (Å²) >= 11 is 0. The summed E-state index contributed by atoms with van der Waals surface area (Å²) in [6.45, 7) is -2.76. The molecule has 0 unspecified atom stereocenters. The molecular formula is C16H16F2N2O4. The number of carbonyl (C=O) groups excluding carboxylic acids is 2. The first-order valence-electron chi connectivity index (χ1n) is 7.17. The highest BCUT2D eigenvalue weighted by molar-refractivity contribution is 5.91. The first kappa shape index (κ1) is 17.5. The van der Waals surface area contributed by atoms with Crippen LogP contribution in [-0.2, 0) is 11.3 Å². The fourth-order valence-corrected chi connectivity index (χ4v) is 1.93. The first-order valence-corrected chi connectivity index (χ1v) is 7.17. The molecule has 0 saturated heterocycles. The van der Waals surface area contributed by atoms with Crippen LogP contribution in [0.1, 0.15) is 22.5 Å². The van der Waals surface area contributed by atoms with Crippen LogP contribution in [-0.4, -0.2) is 25.0 Å². The number of para-hydroxylation sites is 1. The number of hydrogen-bond acceptors (Lipinski definition) is 4. The van der Waals surface area contributed by atoms with Crippen LogP contribution in [0.25, 0.3) is 0 Å². The number of ether oxygens (including phenoxy) is 1. The SMILES string of the molecule is O=C(CCNC(=O)c1ccco1)NCc1ccccc1OC(F)F. The summed E-state index contributed by atoms with van der Waals surface area (Å²) < 4.78 is 33.9. The predicted molar refractivity (Wildman–Crippen MR) is 80.6 cm³/mol. The normalized spacial score (nSPS) is 10.5. The van der Waals surface area contributed by atoms with E-state index in [2.05, 4.69) is 15.4 Å². The lowest BCUT2D eigenvalue weighted by molar-refractivity contribution is -0.121. The number of amides is 2. The maximum Gasteiger partial charge on any atom is 0.387 e. The number of benzene rings is 1. The van der Waals surface area contributed by atoms with Crippen LogP contribution in [0.15, 0.2) is 47.1 Å². The lowest BCUT2D eigenvalue weighted by Crippen LogP contribution is -2.30. The number of furan rings is 1. The third-order valence-electron chi connectivity index (χ3n) is 3.05. The van der Waals surface area contributed by atoms with E-state index in [-0.39, 0.29) is 36.9 Å². The Morgan fingerprint density at radius 3 is 2.62 bits per heavy atom. The minimum atomic E-state index is -2.93. The van der Waals surface area contributed by atoms with Gasteiger partial charge in [0.1, 0.15) is 5.75 Å². The van der Waals surface area contributed by atoms with Gasteiger partial charge in [0, 0.05) is 25.1 Å². The van der Waals surface area contributed by atoms with Gasteiger partial charge in [-0.3, -0.25) is 9.59 Å². The lowest BCUT2D eigenvalue weighted by atomic mass is 10.2. The molecule has 2 aromatic rings. The molecule has 0 fully saturated rings. The quantitative estimate of drug-likeness (QED) is 0.774. The molecule has 0 radical (unpaired) electrons. The van der Waals surface area contributed by atoms with Gasteiger partial charge in [-0.25, -0.2) is 0 Å². The number of halogens is 2. The van der Waals surface area contributed by atoms with Gasteiger partial charge in [0.2, 0.25) is 5.91 Å². The number of rotatable bonds is 8. The van der Waals surface area contributed by atoms with Gasteiger partial charge in [-0.05, 0) is 18.2 Å². The van der Waals surface area contributed by atoms with Crippen molar-refractivity contribution < 1.29 is 27.5 Å². The topological polar surface area (TPSA) is 80.6 Å². The van der Waals surface area contributed by atoms with Gasteiger partial charge in [0.05, 0.1) is 6.26 Å². The Hall–Kier alpha value is -2.90. The summed E-state index contributed by atoms with van der Waals surface area (Å²) in [5.74, 6) is -0.572. The van der Waals surface area contributed by atoms with Crippen molar-refractivity contribution in [3.63, 3.8) is 0 Å². The van der Waals surface area contributed by atoms with Crippen molar-refractivity contribution in [1.82, 2.24) is 10.6 Å². The van der Waals surface area contributed by atoms with Crippen molar-refractivity contribution in [3.8, 4) is 5.75 Å². The molecule has 1 heterocycles. The van der Waals surface area contributed by atoms with Crippen molar-refractivity contribution >= 4 is 11.8 Å². The van der Waals surface area contributed by atoms with Crippen molar-refractivity contribution in [1.29, 1.82) is 0 Å². The summed E-state index contributed by atoms with van der Waals surface area (Å²) in [5, 5.41) is 5.12. The molecule has 1 aromatic heterocycles. The standard InChI is InChI=1S/C16H16F2N2O4/c17-16(18)24-12-5-2-1-4-11(12)10-20-14(21)7-8-19-15(22)13-6-3-9-23-13/h1-6,9,16H,7-8,10H2,(H,19,22)(H,20,21). The molecule has 8 heteroatoms. The maximum absolute atomic E-state index is 12.3. The highest BCUT2D eigenvalue weighted by atomic mass is 19.3. The molecular weight excluding hydrogens is 322 g/mol. The third kappa shape index (κ3) is 5.38. The monoisotopic (exact) mass is 338 g/mol. The van der Waals surface area contributed by atoms with Crippen LogP contribution in [0.3, 0.4) is 0 Å². The van der Waals surface area contributed by atoms with E-state index in [1.54, 1.807) is 24.3 Å². The number of carbonyl (C=O) groups is 2. The second-order valence-electron chi connectivity index (χ2n) is 4.75. The van der Waals surface area contributed by atoms with E-state index in [4.69, 9.17) is 4.42 Å². The van der Waals surface area contributed by atoms with Gasteiger partial charge in [-0.15, -0.1) is 0 Å². The molecule has 0 saturated carbocycles. The Bertz CT molecular complexity index is 674. The first-order chi connectivity index (χ1) is 11.6. The van der Waals surface area contributed by atoms with E-state index in [0.717, 1.165) is 0 Å². The number of hydrogen-bond donors (Lipinski definition) is 2. The van der Waals surface area contributed by atoms with Gasteiger partial charge < -0.3 is 19.8 Å². The Morgan fingerprint density at radius 1 is 1.12 bits per heavy atom. The van der Waals surface area contributed by atoms with Gasteiger partial charge in [-0.2, -0.15) is 8.78 Å². The Labute approximate surface area is 136 Å². The molecule has 1 aromatic carbocycles. The predicted octanol–water partition coefficient (Wildman–Crippen LogP) is 2.32. The highest BCUT2D eigenvalue weighted by Gasteiger charge is 2.11. The Kier molecular flexibility index (Phi) is 6.30. The van der Waals surface area contributed by atoms with Crippen LogP contribution in [0.5, 0.6) is 5.75 Å². The van der Waals surface area contributed by atoms with Gasteiger partial charge in [-0.1, -0.05) is 18.2 Å². The van der Waals surface area contributed by atoms with Crippen LogP contribution >= 0.6 is 0 Å². The summed E-state index contributed by atoms with van der Waals surface area (Å²) in [4.78, 5) is 23.3. The van der Waals surface area contributed by atoms with E-state index >= 15 is 0 Å². The van der Waals surface area contributed by atoms with Crippen LogP contribution in [0.2, 0.25) is 0 Å². The summed E-state index contributed by atoms with van der Waals surface area (Å²) in [7, 11) is 0. The molecule has 0 aliphatic carbocycles. The van der Waals surface area contributed by atoms with E-state index in [0.29, 0.717) is 5.56 Å². The van der Waals surface area contributed by atoms with Crippen LogP contribution in [0.4, 0.5) is 8.78 Å². The zero-order chi connectivity index (χ0) is 17.4. The van der Waals surface area contributed by atoms with Gasteiger partial charge in [0.15, 0.2) is 5.76 Å². The zero-order valence-corrected chi connectivity index (χ0v) is 12.6. The lowest BCUT2D eigenvalue weighted by Gasteiger charge is -2.11. The largest absolute Gasteiger partial charge is 0.459 e. The van der Waals surface area contributed by atoms with Crippen molar-refractivity contribution in [2.45, 2.75) is 19.6 Å². The van der Waals surface area contributed by atoms with E-state index < -0.39 is 12.5 Å². The molecule has 0 bridgehead atoms. The molecule has 0 spiro atoms. The minimum absolute atomic E-state index is 0.0129. The van der Waals surface area contributed by atoms with Crippen molar-refractivity contribution in [2.24, 2.45) is 0 Å². The van der Waals surface area contributed by atoms with Crippen molar-refractivity contribution in [2.75, 3.05) is 6.54 Å². The Balaban J connectivity index is 1.74. The molecule has 128 valence electrons. The summed E-state index contributed by atoms with van der Waals surface area (Å²) in [5.41, 5.74) is 0.436. The Morgan fingerprint density at radius 2 is 1.92 bits per heavy atom. The van der Waals surface area contributed by atoms with Crippen molar-refractivity contribution in [3.05, 3.63) is 54.0 Å². The van der Waals surface area contributed by atoms with Gasteiger partial charge in [0.25, 0.3) is 5.91 Å². The molecule has 0 aliphatic heterocycles. The number of alkyl halides is 2. The van der Waals surface area contributed by atoms with E-state index in [9.17, 15) is 18.4 Å². The summed E-state index contributed by atoms with van der Waals surface area (Å²) in [6, 6.07) is 9.29. The van der Waals surface area contributed by atoms with Gasteiger partial charge >= 0.3 is 6.61 Å². The molecule has 24 heavy (non-hydrogen) atoms. The second kappa shape index (κ2) is 8.66. The molecule has 0 aliphatic rings. The average molecular weight is 338 g/mol.